The molecule has 18 heavy (non-hydrogen) atoms. The van der Waals surface area contributed by atoms with Gasteiger partial charge in [0.2, 0.25) is 5.91 Å². The summed E-state index contributed by atoms with van der Waals surface area (Å²) in [6.07, 6.45) is 3.46. The first-order valence-corrected chi connectivity index (χ1v) is 7.16. The van der Waals surface area contributed by atoms with E-state index in [2.05, 4.69) is 6.92 Å². The van der Waals surface area contributed by atoms with E-state index < -0.39 is 0 Å². The molecule has 2 rings (SSSR count). The van der Waals surface area contributed by atoms with Crippen LogP contribution in [0.5, 0.6) is 0 Å². The Hall–Kier alpha value is -0.610. The standard InChI is InChI=1S/C14H26N2O2/c1-10-7-14(8-10,9-15)13(18)16-5-3-12(4-6-16)11(2)17/h10-12,17H,3-9,15H2,1-2H3. The van der Waals surface area contributed by atoms with Crippen LogP contribution in [0.15, 0.2) is 0 Å². The van der Waals surface area contributed by atoms with Gasteiger partial charge < -0.3 is 15.7 Å². The number of nitrogens with zero attached hydrogens (tertiary/aromatic N) is 1. The van der Waals surface area contributed by atoms with Gasteiger partial charge in [-0.05, 0) is 44.4 Å². The van der Waals surface area contributed by atoms with Gasteiger partial charge >= 0.3 is 0 Å². The van der Waals surface area contributed by atoms with Gasteiger partial charge in [0.1, 0.15) is 0 Å². The van der Waals surface area contributed by atoms with E-state index in [1.165, 1.54) is 0 Å². The van der Waals surface area contributed by atoms with Gasteiger partial charge in [-0.2, -0.15) is 0 Å². The quantitative estimate of drug-likeness (QED) is 0.789. The van der Waals surface area contributed by atoms with Crippen LogP contribution in [0.2, 0.25) is 0 Å². The van der Waals surface area contributed by atoms with Crippen LogP contribution in [0, 0.1) is 17.3 Å². The number of amides is 1. The van der Waals surface area contributed by atoms with E-state index in [4.69, 9.17) is 5.73 Å². The van der Waals surface area contributed by atoms with Gasteiger partial charge in [-0.25, -0.2) is 0 Å². The van der Waals surface area contributed by atoms with Crippen molar-refractivity contribution in [1.29, 1.82) is 0 Å². The van der Waals surface area contributed by atoms with Crippen molar-refractivity contribution in [2.24, 2.45) is 23.0 Å². The highest BCUT2D eigenvalue weighted by Crippen LogP contribution is 2.46. The van der Waals surface area contributed by atoms with Crippen LogP contribution in [-0.4, -0.2) is 41.7 Å². The molecule has 1 atom stereocenters. The normalized spacial score (nSPS) is 35.1. The zero-order valence-corrected chi connectivity index (χ0v) is 11.6. The Bertz CT molecular complexity index is 303. The van der Waals surface area contributed by atoms with Crippen molar-refractivity contribution in [3.8, 4) is 0 Å². The fraction of sp³-hybridized carbons (Fsp3) is 0.929. The number of piperidine rings is 1. The lowest BCUT2D eigenvalue weighted by atomic mass is 9.61. The molecule has 0 bridgehead atoms. The molecule has 1 saturated heterocycles. The predicted molar refractivity (Wildman–Crippen MR) is 70.9 cm³/mol. The van der Waals surface area contributed by atoms with Crippen molar-refractivity contribution in [2.75, 3.05) is 19.6 Å². The molecule has 4 heteroatoms. The van der Waals surface area contributed by atoms with E-state index in [1.807, 2.05) is 11.8 Å². The summed E-state index contributed by atoms with van der Waals surface area (Å²) in [5.74, 6) is 1.24. The van der Waals surface area contributed by atoms with E-state index in [1.54, 1.807) is 0 Å². The Morgan fingerprint density at radius 2 is 2.00 bits per heavy atom. The van der Waals surface area contributed by atoms with E-state index in [0.717, 1.165) is 38.8 Å². The summed E-state index contributed by atoms with van der Waals surface area (Å²) < 4.78 is 0. The van der Waals surface area contributed by atoms with E-state index in [0.29, 0.717) is 18.4 Å². The van der Waals surface area contributed by atoms with Crippen LogP contribution in [0.1, 0.15) is 39.5 Å². The second kappa shape index (κ2) is 5.17. The first kappa shape index (κ1) is 13.8. The summed E-state index contributed by atoms with van der Waals surface area (Å²) in [6, 6.07) is 0. The van der Waals surface area contributed by atoms with Crippen molar-refractivity contribution in [3.63, 3.8) is 0 Å². The number of carbonyl (C=O) groups is 1. The average molecular weight is 254 g/mol. The molecular weight excluding hydrogens is 228 g/mol. The maximum Gasteiger partial charge on any atom is 0.230 e. The molecule has 2 aliphatic rings. The number of rotatable bonds is 3. The van der Waals surface area contributed by atoms with Gasteiger partial charge in [0.25, 0.3) is 0 Å². The largest absolute Gasteiger partial charge is 0.393 e. The van der Waals surface area contributed by atoms with Crippen molar-refractivity contribution in [3.05, 3.63) is 0 Å². The maximum atomic E-state index is 12.5. The topological polar surface area (TPSA) is 66.6 Å². The molecule has 1 aliphatic heterocycles. The highest BCUT2D eigenvalue weighted by Gasteiger charge is 2.49. The van der Waals surface area contributed by atoms with Gasteiger partial charge in [-0.3, -0.25) is 4.79 Å². The third kappa shape index (κ3) is 2.41. The minimum atomic E-state index is -0.267. The summed E-state index contributed by atoms with van der Waals surface area (Å²) in [5.41, 5.74) is 5.56. The summed E-state index contributed by atoms with van der Waals surface area (Å²) in [4.78, 5) is 14.5. The number of hydrogen-bond donors (Lipinski definition) is 2. The van der Waals surface area contributed by atoms with Gasteiger partial charge in [0, 0.05) is 19.6 Å². The van der Waals surface area contributed by atoms with Crippen molar-refractivity contribution in [2.45, 2.75) is 45.6 Å². The van der Waals surface area contributed by atoms with Crippen LogP contribution in [-0.2, 0) is 4.79 Å². The minimum Gasteiger partial charge on any atom is -0.393 e. The van der Waals surface area contributed by atoms with Crippen molar-refractivity contribution in [1.82, 2.24) is 4.90 Å². The Morgan fingerprint density at radius 3 is 2.39 bits per heavy atom. The Labute approximate surface area is 110 Å². The highest BCUT2D eigenvalue weighted by molar-refractivity contribution is 5.84. The van der Waals surface area contributed by atoms with Gasteiger partial charge in [-0.1, -0.05) is 6.92 Å². The molecule has 0 aromatic heterocycles. The molecule has 1 aliphatic carbocycles. The minimum absolute atomic E-state index is 0.255. The van der Waals surface area contributed by atoms with Crippen molar-refractivity contribution < 1.29 is 9.90 Å². The summed E-state index contributed by atoms with van der Waals surface area (Å²) in [5, 5.41) is 9.58. The van der Waals surface area contributed by atoms with Crippen LogP contribution in [0.3, 0.4) is 0 Å². The van der Waals surface area contributed by atoms with Crippen LogP contribution in [0.25, 0.3) is 0 Å². The average Bonchev–Trinajstić information content (AvgIpc) is 2.34. The maximum absolute atomic E-state index is 12.5. The molecule has 1 amide bonds. The lowest BCUT2D eigenvalue weighted by Gasteiger charge is -2.48. The molecule has 4 nitrogen and oxygen atoms in total. The number of aliphatic hydroxyl groups is 1. The fourth-order valence-corrected chi connectivity index (χ4v) is 3.62. The third-order valence-corrected chi connectivity index (χ3v) is 4.83. The van der Waals surface area contributed by atoms with Crippen molar-refractivity contribution >= 4 is 5.91 Å². The first-order valence-electron chi connectivity index (χ1n) is 7.16. The zero-order chi connectivity index (χ0) is 13.3. The summed E-state index contributed by atoms with van der Waals surface area (Å²) in [7, 11) is 0. The van der Waals surface area contributed by atoms with E-state index in [-0.39, 0.29) is 17.4 Å². The lowest BCUT2D eigenvalue weighted by molar-refractivity contribution is -0.151. The van der Waals surface area contributed by atoms with Crippen LogP contribution in [0.4, 0.5) is 0 Å². The molecule has 0 spiro atoms. The molecule has 1 unspecified atom stereocenters. The number of aliphatic hydroxyl groups excluding tert-OH is 1. The first-order chi connectivity index (χ1) is 8.48. The van der Waals surface area contributed by atoms with E-state index >= 15 is 0 Å². The van der Waals surface area contributed by atoms with Crippen LogP contribution >= 0.6 is 0 Å². The Balaban J connectivity index is 1.91. The Morgan fingerprint density at radius 1 is 1.44 bits per heavy atom. The molecule has 1 saturated carbocycles. The summed E-state index contributed by atoms with van der Waals surface area (Å²) >= 11 is 0. The second-order valence-corrected chi connectivity index (χ2v) is 6.37. The zero-order valence-electron chi connectivity index (χ0n) is 11.6. The molecule has 3 N–H and O–H groups in total. The molecule has 0 radical (unpaired) electrons. The van der Waals surface area contributed by atoms with Crippen LogP contribution < -0.4 is 5.73 Å². The molecule has 0 aromatic rings. The smallest absolute Gasteiger partial charge is 0.230 e. The number of likely N-dealkylation sites (tertiary alicyclic amines) is 1. The monoisotopic (exact) mass is 254 g/mol. The lowest BCUT2D eigenvalue weighted by Crippen LogP contribution is -2.56. The Kier molecular flexibility index (Phi) is 3.97. The molecule has 2 fully saturated rings. The number of hydrogen-bond acceptors (Lipinski definition) is 3. The number of carbonyl (C=O) groups excluding carboxylic acids is 1. The number of nitrogens with two attached hydrogens (primary N) is 1. The third-order valence-electron chi connectivity index (χ3n) is 4.83. The molecule has 0 aromatic carbocycles. The second-order valence-electron chi connectivity index (χ2n) is 6.37. The van der Waals surface area contributed by atoms with Gasteiger partial charge in [0.15, 0.2) is 0 Å². The summed E-state index contributed by atoms with van der Waals surface area (Å²) in [6.45, 7) is 6.07. The SMILES string of the molecule is CC1CC(CN)(C(=O)N2CCC(C(C)O)CC2)C1. The predicted octanol–water partition coefficient (Wildman–Crippen LogP) is 0.981. The van der Waals surface area contributed by atoms with Gasteiger partial charge in [0.05, 0.1) is 11.5 Å². The highest BCUT2D eigenvalue weighted by atomic mass is 16.3. The molecule has 104 valence electrons. The molecule has 1 heterocycles. The fourth-order valence-electron chi connectivity index (χ4n) is 3.62. The van der Waals surface area contributed by atoms with E-state index in [9.17, 15) is 9.90 Å². The van der Waals surface area contributed by atoms with Gasteiger partial charge in [-0.15, -0.1) is 0 Å². The molecular formula is C14H26N2O2.